The normalized spacial score (nSPS) is 12.4. The predicted octanol–water partition coefficient (Wildman–Crippen LogP) is 0.449. The van der Waals surface area contributed by atoms with Crippen molar-refractivity contribution in [2.24, 2.45) is 5.73 Å². The van der Waals surface area contributed by atoms with Crippen LogP contribution in [0.15, 0.2) is 18.2 Å². The molecule has 1 atom stereocenters. The van der Waals surface area contributed by atoms with E-state index in [0.29, 0.717) is 11.3 Å². The summed E-state index contributed by atoms with van der Waals surface area (Å²) in [7, 11) is 0. The molecule has 0 amide bonds. The van der Waals surface area contributed by atoms with Crippen LogP contribution in [0.25, 0.3) is 0 Å². The lowest BCUT2D eigenvalue weighted by Crippen LogP contribution is -2.16. The van der Waals surface area contributed by atoms with E-state index < -0.39 is 12.0 Å². The van der Waals surface area contributed by atoms with E-state index in [-0.39, 0.29) is 12.2 Å². The highest BCUT2D eigenvalue weighted by molar-refractivity contribution is 5.68. The van der Waals surface area contributed by atoms with Gasteiger partial charge in [-0.15, -0.1) is 0 Å². The fraction of sp³-hybridized carbons (Fsp3) is 0.222. The number of aromatic hydroxyl groups is 1. The van der Waals surface area contributed by atoms with Crippen molar-refractivity contribution >= 4 is 11.7 Å². The van der Waals surface area contributed by atoms with Crippen LogP contribution in [-0.2, 0) is 4.79 Å². The first-order valence-corrected chi connectivity index (χ1v) is 4.06. The van der Waals surface area contributed by atoms with Crippen molar-refractivity contribution in [2.75, 3.05) is 5.73 Å². The van der Waals surface area contributed by atoms with Crippen LogP contribution in [-0.4, -0.2) is 16.2 Å². The molecule has 1 rings (SSSR count). The van der Waals surface area contributed by atoms with Crippen molar-refractivity contribution in [3.8, 4) is 5.75 Å². The zero-order valence-electron chi connectivity index (χ0n) is 7.47. The Kier molecular flexibility index (Phi) is 2.93. The van der Waals surface area contributed by atoms with Crippen LogP contribution in [0.2, 0.25) is 0 Å². The summed E-state index contributed by atoms with van der Waals surface area (Å²) in [6, 6.07) is 3.65. The van der Waals surface area contributed by atoms with Gasteiger partial charge in [-0.25, -0.2) is 0 Å². The summed E-state index contributed by atoms with van der Waals surface area (Å²) >= 11 is 0. The average Bonchev–Trinajstić information content (AvgIpc) is 2.01. The summed E-state index contributed by atoms with van der Waals surface area (Å²) in [5.74, 6) is -0.946. The van der Waals surface area contributed by atoms with E-state index in [1.54, 1.807) is 0 Å². The molecule has 1 unspecified atom stereocenters. The van der Waals surface area contributed by atoms with Crippen molar-refractivity contribution in [3.63, 3.8) is 0 Å². The molecule has 5 heteroatoms. The molecule has 6 N–H and O–H groups in total. The Balaban J connectivity index is 2.90. The second kappa shape index (κ2) is 3.97. The van der Waals surface area contributed by atoms with Gasteiger partial charge >= 0.3 is 5.97 Å². The van der Waals surface area contributed by atoms with Crippen LogP contribution in [0, 0.1) is 0 Å². The Morgan fingerprint density at radius 2 is 2.14 bits per heavy atom. The van der Waals surface area contributed by atoms with Gasteiger partial charge in [0, 0.05) is 17.8 Å². The minimum Gasteiger partial charge on any atom is -0.508 e. The van der Waals surface area contributed by atoms with Gasteiger partial charge in [-0.05, 0) is 11.6 Å². The molecule has 0 aliphatic carbocycles. The highest BCUT2D eigenvalue weighted by Crippen LogP contribution is 2.24. The summed E-state index contributed by atoms with van der Waals surface area (Å²) in [6.07, 6.45) is -0.186. The molecule has 0 aromatic heterocycles. The van der Waals surface area contributed by atoms with Crippen LogP contribution in [0.3, 0.4) is 0 Å². The minimum absolute atomic E-state index is 0.0359. The number of aliphatic carboxylic acids is 1. The number of nitrogen functional groups attached to an aromatic ring is 1. The lowest BCUT2D eigenvalue weighted by atomic mass is 10.0. The van der Waals surface area contributed by atoms with Gasteiger partial charge in [-0.1, -0.05) is 6.07 Å². The number of rotatable bonds is 3. The van der Waals surface area contributed by atoms with Gasteiger partial charge in [0.25, 0.3) is 0 Å². The third kappa shape index (κ3) is 2.37. The van der Waals surface area contributed by atoms with Crippen molar-refractivity contribution in [1.82, 2.24) is 0 Å². The summed E-state index contributed by atoms with van der Waals surface area (Å²) in [6.45, 7) is 0. The van der Waals surface area contributed by atoms with Crippen molar-refractivity contribution in [2.45, 2.75) is 12.5 Å². The van der Waals surface area contributed by atoms with Crippen molar-refractivity contribution in [3.05, 3.63) is 23.8 Å². The van der Waals surface area contributed by atoms with Gasteiger partial charge in [-0.3, -0.25) is 4.79 Å². The number of benzene rings is 1. The first kappa shape index (κ1) is 10.3. The van der Waals surface area contributed by atoms with Crippen molar-refractivity contribution < 1.29 is 15.0 Å². The monoisotopic (exact) mass is 196 g/mol. The number of hydrogen-bond donors (Lipinski definition) is 4. The van der Waals surface area contributed by atoms with Gasteiger partial charge in [0.2, 0.25) is 0 Å². The first-order valence-electron chi connectivity index (χ1n) is 4.06. The van der Waals surface area contributed by atoms with Crippen LogP contribution in [0.1, 0.15) is 18.0 Å². The molecule has 0 saturated carbocycles. The second-order valence-electron chi connectivity index (χ2n) is 3.02. The largest absolute Gasteiger partial charge is 0.508 e. The molecule has 1 aromatic rings. The number of carboxylic acid groups (broad SMARTS) is 1. The molecule has 14 heavy (non-hydrogen) atoms. The van der Waals surface area contributed by atoms with E-state index >= 15 is 0 Å². The molecule has 0 bridgehead atoms. The maximum Gasteiger partial charge on any atom is 0.305 e. The third-order valence-electron chi connectivity index (χ3n) is 1.86. The third-order valence-corrected chi connectivity index (χ3v) is 1.86. The highest BCUT2D eigenvalue weighted by atomic mass is 16.4. The van der Waals surface area contributed by atoms with Gasteiger partial charge in [-0.2, -0.15) is 0 Å². The molecule has 0 aliphatic heterocycles. The molecule has 0 heterocycles. The topological polar surface area (TPSA) is 110 Å². The van der Waals surface area contributed by atoms with Gasteiger partial charge in [0.1, 0.15) is 5.75 Å². The van der Waals surface area contributed by atoms with Gasteiger partial charge in [0.15, 0.2) is 0 Å². The maximum absolute atomic E-state index is 10.4. The number of anilines is 1. The number of nitrogens with two attached hydrogens (primary N) is 2. The Morgan fingerprint density at radius 3 is 2.64 bits per heavy atom. The molecule has 5 nitrogen and oxygen atoms in total. The number of hydrogen-bond acceptors (Lipinski definition) is 4. The summed E-state index contributed by atoms with van der Waals surface area (Å²) in [4.78, 5) is 10.4. The minimum atomic E-state index is -0.982. The zero-order chi connectivity index (χ0) is 10.7. The predicted molar refractivity (Wildman–Crippen MR) is 51.7 cm³/mol. The molecule has 0 saturated heterocycles. The number of carboxylic acids is 1. The fourth-order valence-corrected chi connectivity index (χ4v) is 1.20. The SMILES string of the molecule is Nc1cc(O)ccc1C(N)CC(=O)O. The zero-order valence-corrected chi connectivity index (χ0v) is 7.47. The van der Waals surface area contributed by atoms with Crippen LogP contribution in [0.5, 0.6) is 5.75 Å². The summed E-state index contributed by atoms with van der Waals surface area (Å²) in [5.41, 5.74) is 12.0. The van der Waals surface area contributed by atoms with Crippen LogP contribution in [0.4, 0.5) is 5.69 Å². The summed E-state index contributed by atoms with van der Waals surface area (Å²) < 4.78 is 0. The molecule has 1 aromatic carbocycles. The van der Waals surface area contributed by atoms with Gasteiger partial charge < -0.3 is 21.7 Å². The molecule has 0 radical (unpaired) electrons. The average molecular weight is 196 g/mol. The standard InChI is InChI=1S/C9H12N2O3/c10-7-3-5(12)1-2-6(7)8(11)4-9(13)14/h1-3,8,12H,4,10-11H2,(H,13,14). The van der Waals surface area contributed by atoms with E-state index in [1.807, 2.05) is 0 Å². The number of carbonyl (C=O) groups is 1. The number of phenols is 1. The quantitative estimate of drug-likeness (QED) is 0.524. The van der Waals surface area contributed by atoms with E-state index in [2.05, 4.69) is 0 Å². The highest BCUT2D eigenvalue weighted by Gasteiger charge is 2.13. The summed E-state index contributed by atoms with van der Waals surface area (Å²) in [5, 5.41) is 17.6. The molecule has 76 valence electrons. The van der Waals surface area contributed by atoms with Crippen LogP contribution < -0.4 is 11.5 Å². The maximum atomic E-state index is 10.4. The lowest BCUT2D eigenvalue weighted by Gasteiger charge is -2.12. The van der Waals surface area contributed by atoms with E-state index in [9.17, 15) is 4.79 Å². The Morgan fingerprint density at radius 1 is 1.50 bits per heavy atom. The van der Waals surface area contributed by atoms with Crippen LogP contribution >= 0.6 is 0 Å². The van der Waals surface area contributed by atoms with Crippen molar-refractivity contribution in [1.29, 1.82) is 0 Å². The van der Waals surface area contributed by atoms with E-state index in [1.165, 1.54) is 18.2 Å². The van der Waals surface area contributed by atoms with E-state index in [0.717, 1.165) is 0 Å². The molecule has 0 fully saturated rings. The fourth-order valence-electron chi connectivity index (χ4n) is 1.20. The molecule has 0 aliphatic rings. The molecular formula is C9H12N2O3. The lowest BCUT2D eigenvalue weighted by molar-refractivity contribution is -0.137. The van der Waals surface area contributed by atoms with E-state index in [4.69, 9.17) is 21.7 Å². The Bertz CT molecular complexity index is 352. The molecule has 0 spiro atoms. The number of phenolic OH excluding ortho intramolecular Hbond substituents is 1. The Hall–Kier alpha value is -1.75. The van der Waals surface area contributed by atoms with Gasteiger partial charge in [0.05, 0.1) is 6.42 Å². The molecular weight excluding hydrogens is 184 g/mol. The smallest absolute Gasteiger partial charge is 0.305 e. The second-order valence-corrected chi connectivity index (χ2v) is 3.02. The first-order chi connectivity index (χ1) is 6.50. The Labute approximate surface area is 81.0 Å².